The quantitative estimate of drug-likeness (QED) is 0.501. The molecule has 32 heavy (non-hydrogen) atoms. The van der Waals surface area contributed by atoms with Crippen LogP contribution in [-0.2, 0) is 22.6 Å². The van der Waals surface area contributed by atoms with Gasteiger partial charge in [0, 0.05) is 25.0 Å². The summed E-state index contributed by atoms with van der Waals surface area (Å²) in [5.41, 5.74) is 1.78. The van der Waals surface area contributed by atoms with Gasteiger partial charge in [0.1, 0.15) is 6.04 Å². The molecule has 0 aliphatic rings. The van der Waals surface area contributed by atoms with Gasteiger partial charge >= 0.3 is 0 Å². The number of nitrogens with one attached hydrogen (secondary N) is 1. The summed E-state index contributed by atoms with van der Waals surface area (Å²) in [6.07, 6.45) is 1.29. The van der Waals surface area contributed by atoms with E-state index in [9.17, 15) is 9.59 Å². The topological polar surface area (TPSA) is 67.9 Å². The summed E-state index contributed by atoms with van der Waals surface area (Å²) in [4.78, 5) is 27.4. The molecule has 0 saturated carbocycles. The fourth-order valence-electron chi connectivity index (χ4n) is 3.54. The average Bonchev–Trinajstić information content (AvgIpc) is 2.80. The van der Waals surface area contributed by atoms with Crippen molar-refractivity contribution in [3.63, 3.8) is 0 Å². The van der Waals surface area contributed by atoms with E-state index in [0.29, 0.717) is 42.6 Å². The van der Waals surface area contributed by atoms with Crippen LogP contribution in [0.25, 0.3) is 0 Å². The van der Waals surface area contributed by atoms with Crippen molar-refractivity contribution in [2.75, 3.05) is 20.3 Å². The molecule has 6 nitrogen and oxygen atoms in total. The van der Waals surface area contributed by atoms with Gasteiger partial charge in [-0.3, -0.25) is 9.59 Å². The molecule has 2 amide bonds. The minimum Gasteiger partial charge on any atom is -0.490 e. The Kier molecular flexibility index (Phi) is 10.3. The number of carbonyl (C=O) groups is 2. The zero-order chi connectivity index (χ0) is 23.5. The van der Waals surface area contributed by atoms with Crippen molar-refractivity contribution in [1.29, 1.82) is 0 Å². The van der Waals surface area contributed by atoms with Crippen LogP contribution in [-0.4, -0.2) is 43.0 Å². The first-order chi connectivity index (χ1) is 15.4. The Morgan fingerprint density at radius 1 is 1.03 bits per heavy atom. The van der Waals surface area contributed by atoms with E-state index in [1.165, 1.54) is 0 Å². The van der Waals surface area contributed by atoms with Crippen molar-refractivity contribution in [3.8, 4) is 11.5 Å². The highest BCUT2D eigenvalue weighted by Crippen LogP contribution is 2.29. The second-order valence-corrected chi connectivity index (χ2v) is 7.71. The summed E-state index contributed by atoms with van der Waals surface area (Å²) in [7, 11) is 1.58. The zero-order valence-electron chi connectivity index (χ0n) is 19.3. The highest BCUT2D eigenvalue weighted by atomic mass is 35.5. The number of amides is 2. The van der Waals surface area contributed by atoms with Crippen molar-refractivity contribution >= 4 is 23.4 Å². The molecule has 0 heterocycles. The van der Waals surface area contributed by atoms with Crippen LogP contribution in [0.15, 0.2) is 42.5 Å². The average molecular weight is 461 g/mol. The second kappa shape index (κ2) is 13.0. The second-order valence-electron chi connectivity index (χ2n) is 7.30. The largest absolute Gasteiger partial charge is 0.490 e. The molecule has 0 aliphatic heterocycles. The maximum absolute atomic E-state index is 13.3. The third kappa shape index (κ3) is 6.89. The minimum absolute atomic E-state index is 0.104. The standard InChI is InChI=1S/C25H33ClN2O4/c1-5-21(25(30)27-4)28(17-19-10-8-9-11-20(19)26)24(29)15-13-18-12-14-22(31-6-2)23(16-18)32-7-3/h8-12,14,16,21H,5-7,13,15,17H2,1-4H3,(H,27,30)/t21-/m1/s1. The van der Waals surface area contributed by atoms with Crippen molar-refractivity contribution in [2.24, 2.45) is 0 Å². The number of hydrogen-bond donors (Lipinski definition) is 1. The van der Waals surface area contributed by atoms with Gasteiger partial charge in [-0.2, -0.15) is 0 Å². The maximum Gasteiger partial charge on any atom is 0.242 e. The minimum atomic E-state index is -0.567. The number of nitrogens with zero attached hydrogens (tertiary/aromatic N) is 1. The predicted molar refractivity (Wildman–Crippen MR) is 127 cm³/mol. The summed E-state index contributed by atoms with van der Waals surface area (Å²) in [6.45, 7) is 7.09. The third-order valence-electron chi connectivity index (χ3n) is 5.17. The highest BCUT2D eigenvalue weighted by Gasteiger charge is 2.28. The van der Waals surface area contributed by atoms with Gasteiger partial charge in [0.15, 0.2) is 11.5 Å². The molecule has 2 aromatic carbocycles. The fraction of sp³-hybridized carbons (Fsp3) is 0.440. The summed E-state index contributed by atoms with van der Waals surface area (Å²) < 4.78 is 11.3. The first-order valence-corrected chi connectivity index (χ1v) is 11.5. The van der Waals surface area contributed by atoms with Crippen LogP contribution in [0, 0.1) is 0 Å². The fourth-order valence-corrected chi connectivity index (χ4v) is 3.74. The molecule has 0 bridgehead atoms. The Hall–Kier alpha value is -2.73. The van der Waals surface area contributed by atoms with E-state index in [-0.39, 0.29) is 24.8 Å². The third-order valence-corrected chi connectivity index (χ3v) is 5.53. The number of aryl methyl sites for hydroxylation is 1. The van der Waals surface area contributed by atoms with Gasteiger partial charge < -0.3 is 19.7 Å². The molecule has 0 spiro atoms. The number of carbonyl (C=O) groups excluding carboxylic acids is 2. The van der Waals surface area contributed by atoms with E-state index >= 15 is 0 Å². The number of halogens is 1. The Morgan fingerprint density at radius 3 is 2.34 bits per heavy atom. The smallest absolute Gasteiger partial charge is 0.242 e. The molecule has 0 aromatic heterocycles. The predicted octanol–water partition coefficient (Wildman–Crippen LogP) is 4.62. The normalized spacial score (nSPS) is 11.5. The molecule has 0 radical (unpaired) electrons. The molecule has 1 atom stereocenters. The summed E-state index contributed by atoms with van der Waals surface area (Å²) in [5.74, 6) is 1.07. The number of likely N-dealkylation sites (N-methyl/N-ethyl adjacent to an activating group) is 1. The molecule has 1 N–H and O–H groups in total. The van der Waals surface area contributed by atoms with Crippen LogP contribution in [0.4, 0.5) is 0 Å². The molecule has 0 saturated heterocycles. The van der Waals surface area contributed by atoms with Gasteiger partial charge in [0.25, 0.3) is 0 Å². The molecule has 2 aromatic rings. The van der Waals surface area contributed by atoms with Crippen molar-refractivity contribution < 1.29 is 19.1 Å². The van der Waals surface area contributed by atoms with Gasteiger partial charge in [-0.1, -0.05) is 42.8 Å². The van der Waals surface area contributed by atoms with Gasteiger partial charge in [-0.05, 0) is 56.0 Å². The van der Waals surface area contributed by atoms with E-state index in [2.05, 4.69) is 5.32 Å². The molecular formula is C25H33ClN2O4. The number of ether oxygens (including phenoxy) is 2. The molecular weight excluding hydrogens is 428 g/mol. The number of rotatable bonds is 12. The van der Waals surface area contributed by atoms with E-state index in [4.69, 9.17) is 21.1 Å². The van der Waals surface area contributed by atoms with Crippen LogP contribution >= 0.6 is 11.6 Å². The lowest BCUT2D eigenvalue weighted by atomic mass is 10.1. The summed E-state index contributed by atoms with van der Waals surface area (Å²) in [5, 5.41) is 3.24. The SMILES string of the molecule is CCOc1ccc(CCC(=O)N(Cc2ccccc2Cl)[C@H](CC)C(=O)NC)cc1OCC. The van der Waals surface area contributed by atoms with Gasteiger partial charge in [-0.15, -0.1) is 0 Å². The lowest BCUT2D eigenvalue weighted by Crippen LogP contribution is -2.48. The van der Waals surface area contributed by atoms with E-state index < -0.39 is 6.04 Å². The monoisotopic (exact) mass is 460 g/mol. The zero-order valence-corrected chi connectivity index (χ0v) is 20.1. The van der Waals surface area contributed by atoms with Crippen LogP contribution in [0.5, 0.6) is 11.5 Å². The maximum atomic E-state index is 13.3. The van der Waals surface area contributed by atoms with E-state index in [0.717, 1.165) is 11.1 Å². The number of benzene rings is 2. The summed E-state index contributed by atoms with van der Waals surface area (Å²) in [6, 6.07) is 12.5. The molecule has 0 aliphatic carbocycles. The van der Waals surface area contributed by atoms with Gasteiger partial charge in [0.2, 0.25) is 11.8 Å². The molecule has 0 fully saturated rings. The Labute approximate surface area is 195 Å². The van der Waals surface area contributed by atoms with Gasteiger partial charge in [-0.25, -0.2) is 0 Å². The molecule has 174 valence electrons. The van der Waals surface area contributed by atoms with Crippen molar-refractivity contribution in [3.05, 3.63) is 58.6 Å². The Balaban J connectivity index is 2.21. The Morgan fingerprint density at radius 2 is 1.72 bits per heavy atom. The highest BCUT2D eigenvalue weighted by molar-refractivity contribution is 6.31. The first-order valence-electron chi connectivity index (χ1n) is 11.1. The molecule has 0 unspecified atom stereocenters. The van der Waals surface area contributed by atoms with E-state index in [1.807, 2.05) is 57.2 Å². The van der Waals surface area contributed by atoms with Crippen molar-refractivity contribution in [2.45, 2.75) is 52.6 Å². The molecule has 2 rings (SSSR count). The van der Waals surface area contributed by atoms with E-state index in [1.54, 1.807) is 18.0 Å². The van der Waals surface area contributed by atoms with Crippen molar-refractivity contribution in [1.82, 2.24) is 10.2 Å². The molecule has 7 heteroatoms. The van der Waals surface area contributed by atoms with Crippen LogP contribution in [0.2, 0.25) is 5.02 Å². The van der Waals surface area contributed by atoms with Gasteiger partial charge in [0.05, 0.1) is 13.2 Å². The number of hydrogen-bond acceptors (Lipinski definition) is 4. The lowest BCUT2D eigenvalue weighted by molar-refractivity contribution is -0.141. The Bertz CT molecular complexity index is 903. The van der Waals surface area contributed by atoms with Crippen LogP contribution < -0.4 is 14.8 Å². The summed E-state index contributed by atoms with van der Waals surface area (Å²) >= 11 is 6.33. The lowest BCUT2D eigenvalue weighted by Gasteiger charge is -2.30. The first kappa shape index (κ1) is 25.5. The van der Waals surface area contributed by atoms with Crippen LogP contribution in [0.1, 0.15) is 44.7 Å². The van der Waals surface area contributed by atoms with Crippen LogP contribution in [0.3, 0.4) is 0 Å².